The molecule has 0 aliphatic heterocycles. The number of benzene rings is 1. The van der Waals surface area contributed by atoms with Crippen molar-refractivity contribution >= 4 is 6.09 Å². The minimum absolute atomic E-state index is 0.149. The summed E-state index contributed by atoms with van der Waals surface area (Å²) < 4.78 is 26.0. The Morgan fingerprint density at radius 3 is 2.62 bits per heavy atom. The average Bonchev–Trinajstić information content (AvgIpc) is 3.15. The van der Waals surface area contributed by atoms with Crippen LogP contribution >= 0.6 is 0 Å². The first-order valence-corrected chi connectivity index (χ1v) is 9.05. The molecule has 3 aromatic rings. The fourth-order valence-corrected chi connectivity index (χ4v) is 2.65. The molecule has 0 aliphatic rings. The topological polar surface area (TPSA) is 78.3 Å². The van der Waals surface area contributed by atoms with Crippen molar-refractivity contribution in [3.63, 3.8) is 0 Å². The zero-order valence-corrected chi connectivity index (χ0v) is 16.8. The summed E-state index contributed by atoms with van der Waals surface area (Å²) in [5.74, 6) is 0.107. The summed E-state index contributed by atoms with van der Waals surface area (Å²) in [6, 6.07) is 8.15. The first-order valence-electron chi connectivity index (χ1n) is 9.05. The predicted octanol–water partition coefficient (Wildman–Crippen LogP) is 4.11. The van der Waals surface area contributed by atoms with Gasteiger partial charge in [0.2, 0.25) is 5.88 Å². The number of methoxy groups -OCH3 is 1. The molecule has 0 atom stereocenters. The van der Waals surface area contributed by atoms with Gasteiger partial charge in [0.25, 0.3) is 0 Å². The molecule has 0 fully saturated rings. The summed E-state index contributed by atoms with van der Waals surface area (Å²) in [7, 11) is 1.55. The SMILES string of the molecule is COc1ccc(-n2cc(-c3cc(F)cc(CNC(=O)OC(C)(C)C)c3)cn2)cn1. The number of ether oxygens (including phenoxy) is 2. The van der Waals surface area contributed by atoms with Gasteiger partial charge < -0.3 is 14.8 Å². The molecule has 2 heterocycles. The lowest BCUT2D eigenvalue weighted by Gasteiger charge is -2.19. The number of carbonyl (C=O) groups excluding carboxylic acids is 1. The smallest absolute Gasteiger partial charge is 0.407 e. The van der Waals surface area contributed by atoms with Gasteiger partial charge in [0.1, 0.15) is 11.4 Å². The standard InChI is InChI=1S/C21H23FN4O3/c1-21(2,3)29-20(27)24-10-14-7-15(9-17(22)8-14)16-11-25-26(13-16)18-5-6-19(28-4)23-12-18/h5-9,11-13H,10H2,1-4H3,(H,24,27). The first kappa shape index (κ1) is 20.3. The number of nitrogens with one attached hydrogen (secondary N) is 1. The molecule has 1 amide bonds. The van der Waals surface area contributed by atoms with E-state index in [0.717, 1.165) is 11.3 Å². The molecule has 3 rings (SSSR count). The molecular formula is C21H23FN4O3. The van der Waals surface area contributed by atoms with Crippen LogP contribution in [0, 0.1) is 5.82 Å². The van der Waals surface area contributed by atoms with Crippen LogP contribution in [-0.2, 0) is 11.3 Å². The van der Waals surface area contributed by atoms with Crippen molar-refractivity contribution in [3.05, 3.63) is 60.3 Å². The van der Waals surface area contributed by atoms with E-state index in [1.165, 1.54) is 12.1 Å². The highest BCUT2D eigenvalue weighted by atomic mass is 19.1. The number of alkyl carbamates (subject to hydrolysis) is 1. The summed E-state index contributed by atoms with van der Waals surface area (Å²) in [6.07, 6.45) is 4.51. The number of hydrogen-bond donors (Lipinski definition) is 1. The second-order valence-corrected chi connectivity index (χ2v) is 7.44. The lowest BCUT2D eigenvalue weighted by Crippen LogP contribution is -2.32. The van der Waals surface area contributed by atoms with Gasteiger partial charge in [0.15, 0.2) is 0 Å². The van der Waals surface area contributed by atoms with Crippen LogP contribution in [0.2, 0.25) is 0 Å². The third-order valence-corrected chi connectivity index (χ3v) is 3.90. The Kier molecular flexibility index (Phi) is 5.81. The lowest BCUT2D eigenvalue weighted by atomic mass is 10.1. The Bertz CT molecular complexity index is 994. The molecule has 0 saturated heterocycles. The van der Waals surface area contributed by atoms with Crippen molar-refractivity contribution in [1.29, 1.82) is 0 Å². The molecule has 2 aromatic heterocycles. The number of aromatic nitrogens is 3. The maximum Gasteiger partial charge on any atom is 0.407 e. The van der Waals surface area contributed by atoms with E-state index in [0.29, 0.717) is 17.0 Å². The van der Waals surface area contributed by atoms with Crippen molar-refractivity contribution in [2.45, 2.75) is 32.9 Å². The number of nitrogens with zero attached hydrogens (tertiary/aromatic N) is 3. The summed E-state index contributed by atoms with van der Waals surface area (Å²) in [5, 5.41) is 6.95. The van der Waals surface area contributed by atoms with Crippen molar-refractivity contribution in [2.75, 3.05) is 7.11 Å². The molecule has 1 aromatic carbocycles. The fraction of sp³-hybridized carbons (Fsp3) is 0.286. The first-order chi connectivity index (χ1) is 13.7. The van der Waals surface area contributed by atoms with E-state index in [1.54, 1.807) is 63.3 Å². The van der Waals surface area contributed by atoms with Crippen LogP contribution in [-0.4, -0.2) is 33.6 Å². The van der Waals surface area contributed by atoms with Crippen LogP contribution in [0.5, 0.6) is 5.88 Å². The normalized spacial score (nSPS) is 11.2. The third kappa shape index (κ3) is 5.54. The van der Waals surface area contributed by atoms with E-state index in [9.17, 15) is 9.18 Å². The van der Waals surface area contributed by atoms with Gasteiger partial charge in [-0.3, -0.25) is 0 Å². The van der Waals surface area contributed by atoms with E-state index in [1.807, 2.05) is 6.07 Å². The van der Waals surface area contributed by atoms with Crippen molar-refractivity contribution in [2.24, 2.45) is 0 Å². The van der Waals surface area contributed by atoms with Crippen LogP contribution in [0.25, 0.3) is 16.8 Å². The predicted molar refractivity (Wildman–Crippen MR) is 106 cm³/mol. The molecule has 0 aliphatic carbocycles. The van der Waals surface area contributed by atoms with Gasteiger partial charge in [0.05, 0.1) is 25.2 Å². The van der Waals surface area contributed by atoms with Gasteiger partial charge in [0, 0.05) is 24.4 Å². The Hall–Kier alpha value is -3.42. The van der Waals surface area contributed by atoms with Crippen LogP contribution in [0.3, 0.4) is 0 Å². The monoisotopic (exact) mass is 398 g/mol. The summed E-state index contributed by atoms with van der Waals surface area (Å²) in [5.41, 5.74) is 2.16. The molecule has 29 heavy (non-hydrogen) atoms. The number of pyridine rings is 1. The van der Waals surface area contributed by atoms with Crippen LogP contribution in [0.4, 0.5) is 9.18 Å². The quantitative estimate of drug-likeness (QED) is 0.700. The second kappa shape index (κ2) is 8.30. The zero-order chi connectivity index (χ0) is 21.0. The van der Waals surface area contributed by atoms with Gasteiger partial charge in [-0.05, 0) is 56.2 Å². The van der Waals surface area contributed by atoms with Gasteiger partial charge in [-0.25, -0.2) is 18.9 Å². The number of hydrogen-bond acceptors (Lipinski definition) is 5. The minimum Gasteiger partial charge on any atom is -0.481 e. The highest BCUT2D eigenvalue weighted by Crippen LogP contribution is 2.23. The van der Waals surface area contributed by atoms with Crippen LogP contribution < -0.4 is 10.1 Å². The molecule has 7 nitrogen and oxygen atoms in total. The van der Waals surface area contributed by atoms with Gasteiger partial charge in [-0.1, -0.05) is 0 Å². The van der Waals surface area contributed by atoms with Crippen LogP contribution in [0.15, 0.2) is 48.9 Å². The van der Waals surface area contributed by atoms with E-state index < -0.39 is 17.5 Å². The molecule has 8 heteroatoms. The Balaban J connectivity index is 1.76. The molecule has 152 valence electrons. The molecule has 0 bridgehead atoms. The maximum atomic E-state index is 14.1. The van der Waals surface area contributed by atoms with E-state index in [2.05, 4.69) is 15.4 Å². The van der Waals surface area contributed by atoms with E-state index in [4.69, 9.17) is 9.47 Å². The number of amides is 1. The molecule has 0 radical (unpaired) electrons. The van der Waals surface area contributed by atoms with Crippen molar-refractivity contribution in [3.8, 4) is 22.7 Å². The largest absolute Gasteiger partial charge is 0.481 e. The molecule has 0 spiro atoms. The maximum absolute atomic E-state index is 14.1. The molecule has 0 unspecified atom stereocenters. The molecular weight excluding hydrogens is 375 g/mol. The highest BCUT2D eigenvalue weighted by Gasteiger charge is 2.16. The number of halogens is 1. The minimum atomic E-state index is -0.595. The number of carbonyl (C=O) groups is 1. The molecule has 0 saturated carbocycles. The lowest BCUT2D eigenvalue weighted by molar-refractivity contribution is 0.0523. The molecule has 1 N–H and O–H groups in total. The second-order valence-electron chi connectivity index (χ2n) is 7.44. The zero-order valence-electron chi connectivity index (χ0n) is 16.8. The van der Waals surface area contributed by atoms with Gasteiger partial charge >= 0.3 is 6.09 Å². The average molecular weight is 398 g/mol. The van der Waals surface area contributed by atoms with Crippen molar-refractivity contribution < 1.29 is 18.7 Å². The Labute approximate surface area is 168 Å². The summed E-state index contributed by atoms with van der Waals surface area (Å²) >= 11 is 0. The summed E-state index contributed by atoms with van der Waals surface area (Å²) in [4.78, 5) is 16.0. The van der Waals surface area contributed by atoms with E-state index >= 15 is 0 Å². The fourth-order valence-electron chi connectivity index (χ4n) is 2.65. The van der Waals surface area contributed by atoms with Gasteiger partial charge in [-0.2, -0.15) is 5.10 Å². The van der Waals surface area contributed by atoms with E-state index in [-0.39, 0.29) is 6.54 Å². The summed E-state index contributed by atoms with van der Waals surface area (Å²) in [6.45, 7) is 5.49. The van der Waals surface area contributed by atoms with Crippen LogP contribution in [0.1, 0.15) is 26.3 Å². The number of rotatable bonds is 5. The Morgan fingerprint density at radius 2 is 1.97 bits per heavy atom. The third-order valence-electron chi connectivity index (χ3n) is 3.90. The van der Waals surface area contributed by atoms with Crippen molar-refractivity contribution in [1.82, 2.24) is 20.1 Å². The van der Waals surface area contributed by atoms with Gasteiger partial charge in [-0.15, -0.1) is 0 Å². The Morgan fingerprint density at radius 1 is 1.17 bits per heavy atom. The highest BCUT2D eigenvalue weighted by molar-refractivity contribution is 5.68.